The van der Waals surface area contributed by atoms with Crippen molar-refractivity contribution in [3.05, 3.63) is 64.7 Å². The van der Waals surface area contributed by atoms with Gasteiger partial charge in [-0.05, 0) is 42.3 Å². The van der Waals surface area contributed by atoms with Crippen molar-refractivity contribution in [2.24, 2.45) is 5.73 Å². The van der Waals surface area contributed by atoms with E-state index in [2.05, 4.69) is 6.07 Å². The highest BCUT2D eigenvalue weighted by atomic mass is 35.5. The molecule has 0 saturated carbocycles. The van der Waals surface area contributed by atoms with Gasteiger partial charge in [0.15, 0.2) is 0 Å². The Morgan fingerprint density at radius 2 is 1.79 bits per heavy atom. The van der Waals surface area contributed by atoms with Crippen LogP contribution in [0.2, 0.25) is 5.02 Å². The Hall–Kier alpha value is -1.51. The van der Waals surface area contributed by atoms with E-state index in [4.69, 9.17) is 22.1 Å². The van der Waals surface area contributed by atoms with Crippen LogP contribution in [0.5, 0.6) is 5.75 Å². The number of hydrogen-bond acceptors (Lipinski definition) is 2. The second-order valence-corrected chi connectivity index (χ2v) is 4.94. The van der Waals surface area contributed by atoms with Crippen LogP contribution in [0, 0.1) is 0 Å². The van der Waals surface area contributed by atoms with Gasteiger partial charge in [0.2, 0.25) is 0 Å². The first-order valence-corrected chi connectivity index (χ1v) is 6.70. The number of ether oxygens (including phenoxy) is 1. The van der Waals surface area contributed by atoms with Crippen LogP contribution in [0.4, 0.5) is 0 Å². The van der Waals surface area contributed by atoms with E-state index in [1.54, 1.807) is 7.11 Å². The first-order valence-electron chi connectivity index (χ1n) is 6.32. The summed E-state index contributed by atoms with van der Waals surface area (Å²) in [6.07, 6.45) is 0.863. The van der Waals surface area contributed by atoms with Crippen molar-refractivity contribution in [3.63, 3.8) is 0 Å². The third kappa shape index (κ3) is 3.49. The molecule has 0 radical (unpaired) electrons. The number of halogens is 1. The minimum atomic E-state index is 0.272. The standard InChI is InChI=1S/C16H18ClNO/c1-19-16-5-3-2-4-13(16)10-14(11-18)12-6-8-15(17)9-7-12/h2-9,14H,10-11,18H2,1H3. The maximum atomic E-state index is 5.92. The molecule has 2 aromatic rings. The fraction of sp³-hybridized carbons (Fsp3) is 0.250. The summed E-state index contributed by atoms with van der Waals surface area (Å²) in [6.45, 7) is 0.597. The molecule has 0 saturated heterocycles. The molecule has 0 aliphatic heterocycles. The van der Waals surface area contributed by atoms with Crippen LogP contribution >= 0.6 is 11.6 Å². The number of rotatable bonds is 5. The van der Waals surface area contributed by atoms with Crippen molar-refractivity contribution in [1.82, 2.24) is 0 Å². The molecule has 0 bridgehead atoms. The SMILES string of the molecule is COc1ccccc1CC(CN)c1ccc(Cl)cc1. The average Bonchev–Trinajstić information content (AvgIpc) is 2.46. The van der Waals surface area contributed by atoms with Gasteiger partial charge >= 0.3 is 0 Å². The van der Waals surface area contributed by atoms with Crippen molar-refractivity contribution in [2.75, 3.05) is 13.7 Å². The molecule has 0 aliphatic carbocycles. The topological polar surface area (TPSA) is 35.2 Å². The highest BCUT2D eigenvalue weighted by molar-refractivity contribution is 6.30. The van der Waals surface area contributed by atoms with E-state index in [0.29, 0.717) is 6.54 Å². The fourth-order valence-electron chi connectivity index (χ4n) is 2.21. The molecule has 1 atom stereocenters. The number of methoxy groups -OCH3 is 1. The third-order valence-corrected chi connectivity index (χ3v) is 3.54. The Morgan fingerprint density at radius 1 is 1.11 bits per heavy atom. The summed E-state index contributed by atoms with van der Waals surface area (Å²) >= 11 is 5.92. The molecule has 2 nitrogen and oxygen atoms in total. The van der Waals surface area contributed by atoms with Gasteiger partial charge in [0.1, 0.15) is 5.75 Å². The molecule has 100 valence electrons. The Morgan fingerprint density at radius 3 is 2.42 bits per heavy atom. The lowest BCUT2D eigenvalue weighted by molar-refractivity contribution is 0.408. The molecule has 2 rings (SSSR count). The zero-order chi connectivity index (χ0) is 13.7. The molecule has 0 fully saturated rings. The summed E-state index contributed by atoms with van der Waals surface area (Å²) in [7, 11) is 1.69. The van der Waals surface area contributed by atoms with Crippen molar-refractivity contribution in [2.45, 2.75) is 12.3 Å². The Kier molecular flexibility index (Phi) is 4.83. The largest absolute Gasteiger partial charge is 0.496 e. The van der Waals surface area contributed by atoms with Gasteiger partial charge in [0.25, 0.3) is 0 Å². The quantitative estimate of drug-likeness (QED) is 0.904. The van der Waals surface area contributed by atoms with Crippen LogP contribution in [-0.4, -0.2) is 13.7 Å². The second kappa shape index (κ2) is 6.60. The first-order chi connectivity index (χ1) is 9.24. The van der Waals surface area contributed by atoms with E-state index in [1.165, 1.54) is 11.1 Å². The van der Waals surface area contributed by atoms with Crippen molar-refractivity contribution in [1.29, 1.82) is 0 Å². The minimum Gasteiger partial charge on any atom is -0.496 e. The third-order valence-electron chi connectivity index (χ3n) is 3.28. The predicted molar refractivity (Wildman–Crippen MR) is 79.9 cm³/mol. The smallest absolute Gasteiger partial charge is 0.122 e. The zero-order valence-electron chi connectivity index (χ0n) is 11.0. The predicted octanol–water partition coefficient (Wildman–Crippen LogP) is 3.63. The molecular formula is C16H18ClNO. The van der Waals surface area contributed by atoms with E-state index in [-0.39, 0.29) is 5.92 Å². The van der Waals surface area contributed by atoms with Crippen LogP contribution in [-0.2, 0) is 6.42 Å². The maximum absolute atomic E-state index is 5.92. The zero-order valence-corrected chi connectivity index (χ0v) is 11.7. The van der Waals surface area contributed by atoms with Crippen LogP contribution < -0.4 is 10.5 Å². The molecule has 1 unspecified atom stereocenters. The van der Waals surface area contributed by atoms with E-state index in [9.17, 15) is 0 Å². The molecule has 0 aromatic heterocycles. The van der Waals surface area contributed by atoms with Crippen molar-refractivity contribution < 1.29 is 4.74 Å². The number of para-hydroxylation sites is 1. The van der Waals surface area contributed by atoms with Crippen molar-refractivity contribution >= 4 is 11.6 Å². The van der Waals surface area contributed by atoms with E-state index in [0.717, 1.165) is 17.2 Å². The lowest BCUT2D eigenvalue weighted by Gasteiger charge is -2.17. The molecule has 0 aliphatic rings. The van der Waals surface area contributed by atoms with Gasteiger partial charge in [-0.15, -0.1) is 0 Å². The van der Waals surface area contributed by atoms with Gasteiger partial charge in [-0.1, -0.05) is 41.9 Å². The Balaban J connectivity index is 2.21. The minimum absolute atomic E-state index is 0.272. The Labute approximate surface area is 119 Å². The molecule has 0 heterocycles. The monoisotopic (exact) mass is 275 g/mol. The van der Waals surface area contributed by atoms with Crippen molar-refractivity contribution in [3.8, 4) is 5.75 Å². The summed E-state index contributed by atoms with van der Waals surface area (Å²) in [5, 5.41) is 0.747. The number of benzene rings is 2. The molecule has 0 amide bonds. The maximum Gasteiger partial charge on any atom is 0.122 e. The molecular weight excluding hydrogens is 258 g/mol. The lowest BCUT2D eigenvalue weighted by Crippen LogP contribution is -2.15. The highest BCUT2D eigenvalue weighted by Crippen LogP contribution is 2.26. The van der Waals surface area contributed by atoms with Crippen LogP contribution in [0.25, 0.3) is 0 Å². The number of nitrogens with two attached hydrogens (primary N) is 1. The summed E-state index contributed by atoms with van der Waals surface area (Å²) in [5.74, 6) is 1.18. The van der Waals surface area contributed by atoms with Gasteiger partial charge in [-0.25, -0.2) is 0 Å². The second-order valence-electron chi connectivity index (χ2n) is 4.50. The average molecular weight is 276 g/mol. The highest BCUT2D eigenvalue weighted by Gasteiger charge is 2.13. The molecule has 2 N–H and O–H groups in total. The molecule has 19 heavy (non-hydrogen) atoms. The van der Waals surface area contributed by atoms with Gasteiger partial charge in [-0.2, -0.15) is 0 Å². The van der Waals surface area contributed by atoms with Crippen LogP contribution in [0.15, 0.2) is 48.5 Å². The van der Waals surface area contributed by atoms with Gasteiger partial charge in [-0.3, -0.25) is 0 Å². The van der Waals surface area contributed by atoms with Gasteiger partial charge in [0, 0.05) is 10.9 Å². The molecule has 2 aromatic carbocycles. The summed E-state index contributed by atoms with van der Waals surface area (Å²) in [6, 6.07) is 15.9. The fourth-order valence-corrected chi connectivity index (χ4v) is 2.34. The summed E-state index contributed by atoms with van der Waals surface area (Å²) < 4.78 is 5.38. The molecule has 0 spiro atoms. The van der Waals surface area contributed by atoms with Crippen LogP contribution in [0.1, 0.15) is 17.0 Å². The van der Waals surface area contributed by atoms with Crippen LogP contribution in [0.3, 0.4) is 0 Å². The van der Waals surface area contributed by atoms with Gasteiger partial charge in [0.05, 0.1) is 7.11 Å². The summed E-state index contributed by atoms with van der Waals surface area (Å²) in [5.41, 5.74) is 8.29. The molecule has 3 heteroatoms. The lowest BCUT2D eigenvalue weighted by atomic mass is 9.92. The Bertz CT molecular complexity index is 525. The summed E-state index contributed by atoms with van der Waals surface area (Å²) in [4.78, 5) is 0. The van der Waals surface area contributed by atoms with Gasteiger partial charge < -0.3 is 10.5 Å². The first kappa shape index (κ1) is 13.9. The van der Waals surface area contributed by atoms with E-state index in [1.807, 2.05) is 42.5 Å². The number of hydrogen-bond donors (Lipinski definition) is 1. The van der Waals surface area contributed by atoms with E-state index >= 15 is 0 Å². The normalized spacial score (nSPS) is 12.2. The van der Waals surface area contributed by atoms with E-state index < -0.39 is 0 Å².